The predicted octanol–water partition coefficient (Wildman–Crippen LogP) is -2.47. The number of halogens is 1. The minimum atomic E-state index is -0.580. The van der Waals surface area contributed by atoms with Gasteiger partial charge >= 0.3 is 5.69 Å². The summed E-state index contributed by atoms with van der Waals surface area (Å²) in [7, 11) is 0. The van der Waals surface area contributed by atoms with Crippen LogP contribution in [0.2, 0.25) is 0 Å². The van der Waals surface area contributed by atoms with E-state index in [2.05, 4.69) is 10.1 Å². The minimum Gasteiger partial charge on any atom is -1.00 e. The Morgan fingerprint density at radius 3 is 2.88 bits per heavy atom. The zero-order valence-electron chi connectivity index (χ0n) is 13.3. The third kappa shape index (κ3) is 3.52. The first-order chi connectivity index (χ1) is 11.5. The zero-order chi connectivity index (χ0) is 17.3. The molecule has 0 aliphatic carbocycles. The lowest BCUT2D eigenvalue weighted by atomic mass is 10.1. The number of hydrogen-bond donors (Lipinski definition) is 2. The van der Waals surface area contributed by atoms with Crippen molar-refractivity contribution in [3.05, 3.63) is 57.7 Å². The van der Waals surface area contributed by atoms with Gasteiger partial charge in [0.05, 0.1) is 4.92 Å². The van der Waals surface area contributed by atoms with Gasteiger partial charge in [0.2, 0.25) is 11.5 Å². The Morgan fingerprint density at radius 1 is 1.44 bits per heavy atom. The third-order valence-electron chi connectivity index (χ3n) is 3.76. The Morgan fingerprint density at radius 2 is 2.20 bits per heavy atom. The van der Waals surface area contributed by atoms with Crippen LogP contribution in [-0.2, 0) is 13.0 Å². The number of rotatable bonds is 5. The van der Waals surface area contributed by atoms with Gasteiger partial charge in [-0.05, 0) is 13.0 Å². The number of aliphatic hydroxyl groups is 1. The van der Waals surface area contributed by atoms with Crippen molar-refractivity contribution in [1.29, 1.82) is 0 Å². The van der Waals surface area contributed by atoms with E-state index in [9.17, 15) is 15.2 Å². The molecule has 3 aromatic rings. The molecule has 0 amide bonds. The summed E-state index contributed by atoms with van der Waals surface area (Å²) >= 11 is 0. The Balaban J connectivity index is 0.00000225. The summed E-state index contributed by atoms with van der Waals surface area (Å²) in [4.78, 5) is 14.6. The van der Waals surface area contributed by atoms with Crippen LogP contribution in [0.3, 0.4) is 0 Å². The lowest BCUT2D eigenvalue weighted by Crippen LogP contribution is -3.00. The second kappa shape index (κ2) is 7.41. The molecule has 3 heterocycles. The average molecular weight is 366 g/mol. The van der Waals surface area contributed by atoms with Crippen molar-refractivity contribution in [1.82, 2.24) is 14.6 Å². The van der Waals surface area contributed by atoms with Gasteiger partial charge in [0.25, 0.3) is 0 Å². The first-order valence-corrected chi connectivity index (χ1v) is 7.30. The van der Waals surface area contributed by atoms with Crippen molar-refractivity contribution in [2.45, 2.75) is 19.9 Å². The van der Waals surface area contributed by atoms with E-state index in [1.807, 2.05) is 29.1 Å². The highest BCUT2D eigenvalue weighted by atomic mass is 35.5. The van der Waals surface area contributed by atoms with Crippen molar-refractivity contribution in [3.8, 4) is 5.88 Å². The molecule has 3 rings (SSSR count). The van der Waals surface area contributed by atoms with Crippen molar-refractivity contribution < 1.29 is 32.1 Å². The highest BCUT2D eigenvalue weighted by Gasteiger charge is 2.22. The molecule has 0 fully saturated rings. The quantitative estimate of drug-likeness (QED) is 0.294. The fraction of sp³-hybridized carbons (Fsp3) is 0.267. The maximum absolute atomic E-state index is 11.0. The topological polar surface area (TPSA) is 118 Å². The molecule has 0 unspecified atom stereocenters. The van der Waals surface area contributed by atoms with Gasteiger partial charge in [0.1, 0.15) is 12.8 Å². The van der Waals surface area contributed by atoms with E-state index in [-0.39, 0.29) is 36.2 Å². The summed E-state index contributed by atoms with van der Waals surface area (Å²) in [5.74, 6) is -0.164. The van der Waals surface area contributed by atoms with Gasteiger partial charge < -0.3 is 22.6 Å². The normalized spacial score (nSPS) is 10.6. The monoisotopic (exact) mass is 365 g/mol. The third-order valence-corrected chi connectivity index (χ3v) is 3.76. The van der Waals surface area contributed by atoms with Crippen LogP contribution in [0.15, 0.2) is 30.7 Å². The molecule has 0 aliphatic rings. The van der Waals surface area contributed by atoms with E-state index in [1.54, 1.807) is 6.92 Å². The Kier molecular flexibility index (Phi) is 5.50. The molecule has 0 radical (unpaired) electrons. The molecule has 3 aromatic heterocycles. The number of aromatic hydroxyl groups is 1. The van der Waals surface area contributed by atoms with E-state index in [0.29, 0.717) is 24.2 Å². The van der Waals surface area contributed by atoms with Gasteiger partial charge in [-0.3, -0.25) is 10.1 Å². The van der Waals surface area contributed by atoms with Crippen molar-refractivity contribution in [2.75, 3.05) is 6.61 Å². The van der Waals surface area contributed by atoms with Gasteiger partial charge in [-0.25, -0.2) is 9.55 Å². The van der Waals surface area contributed by atoms with E-state index in [1.165, 1.54) is 0 Å². The molecule has 0 atom stereocenters. The van der Waals surface area contributed by atoms with Gasteiger partial charge in [0.15, 0.2) is 18.9 Å². The fourth-order valence-electron chi connectivity index (χ4n) is 2.58. The van der Waals surface area contributed by atoms with Gasteiger partial charge in [0, 0.05) is 29.3 Å². The van der Waals surface area contributed by atoms with Crippen LogP contribution in [0.5, 0.6) is 5.88 Å². The first-order valence-electron chi connectivity index (χ1n) is 7.30. The van der Waals surface area contributed by atoms with Gasteiger partial charge in [-0.2, -0.15) is 9.61 Å². The molecule has 2 N–H and O–H groups in total. The standard InChI is InChI=1S/C15H15N5O4.ClH/c1-10-12(7-11-3-2-4-18(9-11)5-6-21)15(22)19-14(17-10)13(8-16-19)20(23)24;/h2-4,8-9,21H,5-7H2,1H3;1H. The Bertz CT molecular complexity index is 928. The lowest BCUT2D eigenvalue weighted by molar-refractivity contribution is -0.698. The largest absolute Gasteiger partial charge is 1.00 e. The number of hydrogen-bond acceptors (Lipinski definition) is 6. The molecule has 25 heavy (non-hydrogen) atoms. The van der Waals surface area contributed by atoms with Crippen LogP contribution in [0.1, 0.15) is 16.8 Å². The summed E-state index contributed by atoms with van der Waals surface area (Å²) in [5.41, 5.74) is 1.72. The second-order valence-electron chi connectivity index (χ2n) is 5.37. The molecule has 0 saturated heterocycles. The van der Waals surface area contributed by atoms with Crippen LogP contribution in [0.25, 0.3) is 5.65 Å². The van der Waals surface area contributed by atoms with Crippen molar-refractivity contribution in [3.63, 3.8) is 0 Å². The highest BCUT2D eigenvalue weighted by Crippen LogP contribution is 2.27. The molecule has 0 aliphatic heterocycles. The van der Waals surface area contributed by atoms with Crippen LogP contribution < -0.4 is 17.0 Å². The number of aliphatic hydroxyl groups excluding tert-OH is 1. The van der Waals surface area contributed by atoms with Crippen LogP contribution in [0, 0.1) is 17.0 Å². The molecule has 0 aromatic carbocycles. The predicted molar refractivity (Wildman–Crippen MR) is 82.6 cm³/mol. The fourth-order valence-corrected chi connectivity index (χ4v) is 2.58. The Hall–Kier alpha value is -2.78. The van der Waals surface area contributed by atoms with Crippen LogP contribution in [-0.4, -0.2) is 36.3 Å². The molecule has 10 heteroatoms. The molecule has 9 nitrogen and oxygen atoms in total. The molecule has 0 saturated carbocycles. The minimum absolute atomic E-state index is 0. The SMILES string of the molecule is Cc1nc2c([N+](=O)[O-])cnn2c(O)c1Cc1ccc[n+](CCO)c1.[Cl-]. The number of aromatic nitrogens is 4. The smallest absolute Gasteiger partial charge is 0.333 e. The van der Waals surface area contributed by atoms with Gasteiger partial charge in [-0.15, -0.1) is 0 Å². The number of nitrogens with zero attached hydrogens (tertiary/aromatic N) is 5. The molecular weight excluding hydrogens is 350 g/mol. The van der Waals surface area contributed by atoms with Crippen molar-refractivity contribution >= 4 is 11.3 Å². The number of nitro groups is 1. The van der Waals surface area contributed by atoms with E-state index < -0.39 is 4.92 Å². The number of pyridine rings is 1. The molecular formula is C15H16ClN5O4. The summed E-state index contributed by atoms with van der Waals surface area (Å²) in [6.45, 7) is 2.20. The summed E-state index contributed by atoms with van der Waals surface area (Å²) in [6, 6.07) is 3.74. The maximum atomic E-state index is 11.0. The molecule has 132 valence electrons. The first kappa shape index (κ1) is 18.6. The lowest BCUT2D eigenvalue weighted by Gasteiger charge is -2.08. The maximum Gasteiger partial charge on any atom is 0.333 e. The number of fused-ring (bicyclic) bond motifs is 1. The zero-order valence-corrected chi connectivity index (χ0v) is 14.1. The Labute approximate surface area is 148 Å². The summed E-state index contributed by atoms with van der Waals surface area (Å²) in [5, 5.41) is 34.3. The van der Waals surface area contributed by atoms with E-state index in [0.717, 1.165) is 16.3 Å². The van der Waals surface area contributed by atoms with E-state index >= 15 is 0 Å². The highest BCUT2D eigenvalue weighted by molar-refractivity contribution is 5.61. The molecule has 0 spiro atoms. The van der Waals surface area contributed by atoms with Gasteiger partial charge in [-0.1, -0.05) is 0 Å². The molecule has 0 bridgehead atoms. The van der Waals surface area contributed by atoms with Crippen LogP contribution >= 0.6 is 0 Å². The van der Waals surface area contributed by atoms with E-state index in [4.69, 9.17) is 5.11 Å². The second-order valence-corrected chi connectivity index (χ2v) is 5.37. The summed E-state index contributed by atoms with van der Waals surface area (Å²) < 4.78 is 2.91. The number of aryl methyl sites for hydroxylation is 1. The van der Waals surface area contributed by atoms with Crippen molar-refractivity contribution in [2.24, 2.45) is 0 Å². The van der Waals surface area contributed by atoms with Crippen LogP contribution in [0.4, 0.5) is 5.69 Å². The average Bonchev–Trinajstić information content (AvgIpc) is 2.96. The summed E-state index contributed by atoms with van der Waals surface area (Å²) in [6.07, 6.45) is 5.17.